The lowest BCUT2D eigenvalue weighted by Gasteiger charge is -2.18. The summed E-state index contributed by atoms with van der Waals surface area (Å²) < 4.78 is 0. The van der Waals surface area contributed by atoms with Crippen molar-refractivity contribution in [3.05, 3.63) is 47.5 Å². The van der Waals surface area contributed by atoms with Crippen LogP contribution in [0.25, 0.3) is 0 Å². The van der Waals surface area contributed by atoms with E-state index < -0.39 is 0 Å². The number of amides is 3. The molecule has 0 saturated carbocycles. The summed E-state index contributed by atoms with van der Waals surface area (Å²) in [5.41, 5.74) is 1.65. The maximum atomic E-state index is 12.4. The Morgan fingerprint density at radius 2 is 1.96 bits per heavy atom. The van der Waals surface area contributed by atoms with Gasteiger partial charge in [0.05, 0.1) is 0 Å². The number of benzene rings is 1. The summed E-state index contributed by atoms with van der Waals surface area (Å²) in [7, 11) is 0. The number of likely N-dealkylation sites (tertiary alicyclic amines) is 1. The summed E-state index contributed by atoms with van der Waals surface area (Å²) in [6.45, 7) is 2.83. The van der Waals surface area contributed by atoms with Crippen LogP contribution >= 0.6 is 0 Å². The van der Waals surface area contributed by atoms with Crippen LogP contribution in [0.4, 0.5) is 4.79 Å². The number of hydrogen-bond donors (Lipinski definition) is 2. The van der Waals surface area contributed by atoms with Crippen molar-refractivity contribution < 1.29 is 9.59 Å². The van der Waals surface area contributed by atoms with Gasteiger partial charge in [-0.15, -0.1) is 0 Å². The van der Waals surface area contributed by atoms with Crippen molar-refractivity contribution in [2.75, 3.05) is 19.6 Å². The van der Waals surface area contributed by atoms with Gasteiger partial charge >= 0.3 is 6.03 Å². The van der Waals surface area contributed by atoms with Crippen LogP contribution in [0.15, 0.2) is 36.4 Å². The Morgan fingerprint density at radius 1 is 1.12 bits per heavy atom. The number of urea groups is 1. The Balaban J connectivity index is 1.46. The second kappa shape index (κ2) is 8.70. The normalized spacial score (nSPS) is 19.7. The molecule has 0 aromatic heterocycles. The van der Waals surface area contributed by atoms with Crippen LogP contribution in [0.3, 0.4) is 0 Å². The first-order valence-electron chi connectivity index (χ1n) is 9.27. The quantitative estimate of drug-likeness (QED) is 0.809. The SMILES string of the molecule is O=C(NCc1cccc(C(=O)N2CCCC2)c1)NC[C@@H]1CC=CCC1. The maximum Gasteiger partial charge on any atom is 0.315 e. The smallest absolute Gasteiger partial charge is 0.315 e. The molecule has 25 heavy (non-hydrogen) atoms. The van der Waals surface area contributed by atoms with Gasteiger partial charge in [0, 0.05) is 31.7 Å². The molecule has 1 fully saturated rings. The zero-order chi connectivity index (χ0) is 17.5. The predicted octanol–water partition coefficient (Wildman–Crippen LogP) is 3.08. The second-order valence-corrected chi connectivity index (χ2v) is 6.91. The molecule has 1 atom stereocenters. The molecule has 1 aromatic rings. The lowest BCUT2D eigenvalue weighted by molar-refractivity contribution is 0.0792. The Hall–Kier alpha value is -2.30. The third-order valence-corrected chi connectivity index (χ3v) is 4.95. The molecular formula is C20H27N3O2. The predicted molar refractivity (Wildman–Crippen MR) is 98.3 cm³/mol. The molecular weight excluding hydrogens is 314 g/mol. The molecule has 3 rings (SSSR count). The molecule has 1 aliphatic carbocycles. The first-order chi connectivity index (χ1) is 12.2. The van der Waals surface area contributed by atoms with E-state index in [4.69, 9.17) is 0 Å². The third-order valence-electron chi connectivity index (χ3n) is 4.95. The number of hydrogen-bond acceptors (Lipinski definition) is 2. The number of nitrogens with one attached hydrogen (secondary N) is 2. The Kier molecular flexibility index (Phi) is 6.09. The lowest BCUT2D eigenvalue weighted by Crippen LogP contribution is -2.38. The fourth-order valence-electron chi connectivity index (χ4n) is 3.44. The third kappa shape index (κ3) is 5.08. The van der Waals surface area contributed by atoms with Crippen LogP contribution in [-0.4, -0.2) is 36.5 Å². The van der Waals surface area contributed by atoms with Gasteiger partial charge in [-0.05, 0) is 55.7 Å². The highest BCUT2D eigenvalue weighted by molar-refractivity contribution is 5.94. The largest absolute Gasteiger partial charge is 0.339 e. The van der Waals surface area contributed by atoms with Crippen molar-refractivity contribution in [1.82, 2.24) is 15.5 Å². The topological polar surface area (TPSA) is 61.4 Å². The highest BCUT2D eigenvalue weighted by atomic mass is 16.2. The van der Waals surface area contributed by atoms with Crippen LogP contribution in [0.1, 0.15) is 48.0 Å². The molecule has 2 N–H and O–H groups in total. The van der Waals surface area contributed by atoms with Crippen molar-refractivity contribution in [2.45, 2.75) is 38.6 Å². The minimum Gasteiger partial charge on any atom is -0.339 e. The molecule has 0 bridgehead atoms. The molecule has 1 heterocycles. The van der Waals surface area contributed by atoms with Crippen molar-refractivity contribution in [3.8, 4) is 0 Å². The summed E-state index contributed by atoms with van der Waals surface area (Å²) in [6.07, 6.45) is 9.85. The van der Waals surface area contributed by atoms with Gasteiger partial charge in [0.2, 0.25) is 0 Å². The first kappa shape index (κ1) is 17.5. The molecule has 134 valence electrons. The van der Waals surface area contributed by atoms with E-state index in [1.54, 1.807) is 0 Å². The molecule has 5 nitrogen and oxygen atoms in total. The lowest BCUT2D eigenvalue weighted by atomic mass is 9.94. The van der Waals surface area contributed by atoms with Gasteiger partial charge in [-0.1, -0.05) is 24.3 Å². The van der Waals surface area contributed by atoms with E-state index in [2.05, 4.69) is 22.8 Å². The minimum atomic E-state index is -0.147. The summed E-state index contributed by atoms with van der Waals surface area (Å²) >= 11 is 0. The fourth-order valence-corrected chi connectivity index (χ4v) is 3.44. The second-order valence-electron chi connectivity index (χ2n) is 6.91. The number of allylic oxidation sites excluding steroid dienone is 2. The molecule has 0 spiro atoms. The monoisotopic (exact) mass is 341 g/mol. The highest BCUT2D eigenvalue weighted by Crippen LogP contribution is 2.17. The zero-order valence-electron chi connectivity index (χ0n) is 14.7. The van der Waals surface area contributed by atoms with E-state index in [1.807, 2.05) is 29.2 Å². The standard InChI is InChI=1S/C20H27N3O2/c24-19(23-11-4-5-12-23)18-10-6-9-17(13-18)15-22-20(25)21-14-16-7-2-1-3-8-16/h1-2,6,9-10,13,16H,3-5,7-8,11-12,14-15H2,(H2,21,22,25)/t16-/m1/s1. The van der Waals surface area contributed by atoms with E-state index >= 15 is 0 Å². The van der Waals surface area contributed by atoms with E-state index in [0.29, 0.717) is 24.6 Å². The maximum absolute atomic E-state index is 12.4. The zero-order valence-corrected chi connectivity index (χ0v) is 14.7. The fraction of sp³-hybridized carbons (Fsp3) is 0.500. The Bertz CT molecular complexity index is 636. The van der Waals surface area contributed by atoms with E-state index in [1.165, 1.54) is 0 Å². The van der Waals surface area contributed by atoms with Gasteiger partial charge in [0.1, 0.15) is 0 Å². The molecule has 0 unspecified atom stereocenters. The average molecular weight is 341 g/mol. The van der Waals surface area contributed by atoms with Crippen LogP contribution in [-0.2, 0) is 6.54 Å². The van der Waals surface area contributed by atoms with Gasteiger partial charge in [-0.25, -0.2) is 4.79 Å². The molecule has 1 aromatic carbocycles. The molecule has 0 radical (unpaired) electrons. The summed E-state index contributed by atoms with van der Waals surface area (Å²) in [6, 6.07) is 7.40. The van der Waals surface area contributed by atoms with Gasteiger partial charge in [0.15, 0.2) is 0 Å². The van der Waals surface area contributed by atoms with Crippen molar-refractivity contribution >= 4 is 11.9 Å². The van der Waals surface area contributed by atoms with Gasteiger partial charge < -0.3 is 15.5 Å². The van der Waals surface area contributed by atoms with E-state index in [0.717, 1.165) is 50.8 Å². The first-order valence-corrected chi connectivity index (χ1v) is 9.27. The average Bonchev–Trinajstić information content (AvgIpc) is 3.20. The summed E-state index contributed by atoms with van der Waals surface area (Å²) in [5.74, 6) is 0.631. The molecule has 2 aliphatic rings. The van der Waals surface area contributed by atoms with Gasteiger partial charge in [0.25, 0.3) is 5.91 Å². The van der Waals surface area contributed by atoms with Crippen molar-refractivity contribution in [2.24, 2.45) is 5.92 Å². The molecule has 3 amide bonds. The van der Waals surface area contributed by atoms with E-state index in [9.17, 15) is 9.59 Å². The van der Waals surface area contributed by atoms with Crippen LogP contribution in [0.5, 0.6) is 0 Å². The Labute approximate surface area is 149 Å². The summed E-state index contributed by atoms with van der Waals surface area (Å²) in [4.78, 5) is 26.3. The number of carbonyl (C=O) groups excluding carboxylic acids is 2. The number of rotatable bonds is 5. The highest BCUT2D eigenvalue weighted by Gasteiger charge is 2.19. The van der Waals surface area contributed by atoms with Crippen molar-refractivity contribution in [3.63, 3.8) is 0 Å². The Morgan fingerprint density at radius 3 is 2.72 bits per heavy atom. The van der Waals surface area contributed by atoms with Crippen LogP contribution in [0.2, 0.25) is 0 Å². The summed E-state index contributed by atoms with van der Waals surface area (Å²) in [5, 5.41) is 5.83. The number of carbonyl (C=O) groups is 2. The number of nitrogens with zero attached hydrogens (tertiary/aromatic N) is 1. The van der Waals surface area contributed by atoms with Gasteiger partial charge in [-0.2, -0.15) is 0 Å². The molecule has 1 aliphatic heterocycles. The molecule has 5 heteroatoms. The van der Waals surface area contributed by atoms with Gasteiger partial charge in [-0.3, -0.25) is 4.79 Å². The van der Waals surface area contributed by atoms with Crippen molar-refractivity contribution in [1.29, 1.82) is 0 Å². The molecule has 1 saturated heterocycles. The van der Waals surface area contributed by atoms with Crippen LogP contribution in [0, 0.1) is 5.92 Å². The van der Waals surface area contributed by atoms with Crippen LogP contribution < -0.4 is 10.6 Å². The minimum absolute atomic E-state index is 0.0918. The van der Waals surface area contributed by atoms with E-state index in [-0.39, 0.29) is 11.9 Å².